The van der Waals surface area contributed by atoms with Crippen LogP contribution in [0.5, 0.6) is 0 Å². The van der Waals surface area contributed by atoms with Crippen LogP contribution in [0.2, 0.25) is 0 Å². The van der Waals surface area contributed by atoms with Gasteiger partial charge in [-0.1, -0.05) is 20.8 Å². The number of rotatable bonds is 6. The van der Waals surface area contributed by atoms with Crippen LogP contribution in [0.25, 0.3) is 33.9 Å². The average molecular weight is 405 g/mol. The summed E-state index contributed by atoms with van der Waals surface area (Å²) in [5.74, 6) is 0.238. The van der Waals surface area contributed by atoms with Gasteiger partial charge < -0.3 is 14.5 Å². The Morgan fingerprint density at radius 3 is 2.83 bits per heavy atom. The Hall–Kier alpha value is -3.55. The molecule has 4 heterocycles. The summed E-state index contributed by atoms with van der Waals surface area (Å²) in [7, 11) is 0. The summed E-state index contributed by atoms with van der Waals surface area (Å²) < 4.78 is 5.55. The number of aromatic amines is 1. The number of carboxylic acid groups (broad SMARTS) is 1. The van der Waals surface area contributed by atoms with Gasteiger partial charge in [0.1, 0.15) is 17.7 Å². The van der Waals surface area contributed by atoms with Crippen LogP contribution < -0.4 is 0 Å². The second-order valence-corrected chi connectivity index (χ2v) is 8.40. The summed E-state index contributed by atoms with van der Waals surface area (Å²) in [6, 6.07) is 5.51. The van der Waals surface area contributed by atoms with Crippen molar-refractivity contribution < 1.29 is 14.3 Å². The first-order valence-corrected chi connectivity index (χ1v) is 9.72. The van der Waals surface area contributed by atoms with E-state index in [-0.39, 0.29) is 17.8 Å². The Morgan fingerprint density at radius 1 is 1.30 bits per heavy atom. The van der Waals surface area contributed by atoms with E-state index in [4.69, 9.17) is 14.4 Å². The molecule has 1 atom stereocenters. The van der Waals surface area contributed by atoms with Crippen LogP contribution in [0.15, 0.2) is 47.6 Å². The number of carboxylic acids is 1. The van der Waals surface area contributed by atoms with E-state index in [0.717, 1.165) is 16.6 Å². The molecule has 0 radical (unpaired) electrons. The highest BCUT2D eigenvalue weighted by molar-refractivity contribution is 5.91. The smallest absolute Gasteiger partial charge is 0.303 e. The van der Waals surface area contributed by atoms with Gasteiger partial charge in [-0.05, 0) is 36.0 Å². The fraction of sp³-hybridized carbons (Fsp3) is 0.318. The summed E-state index contributed by atoms with van der Waals surface area (Å²) in [5.41, 5.74) is 2.70. The lowest BCUT2D eigenvalue weighted by Crippen LogP contribution is -2.26. The van der Waals surface area contributed by atoms with Gasteiger partial charge in [0.2, 0.25) is 0 Å². The number of furan rings is 1. The fourth-order valence-electron chi connectivity index (χ4n) is 3.47. The minimum Gasteiger partial charge on any atom is -0.481 e. The van der Waals surface area contributed by atoms with E-state index in [1.807, 2.05) is 39.1 Å². The van der Waals surface area contributed by atoms with Crippen LogP contribution in [0.3, 0.4) is 0 Å². The molecule has 4 rings (SSSR count). The Morgan fingerprint density at radius 2 is 2.13 bits per heavy atom. The third kappa shape index (κ3) is 4.07. The van der Waals surface area contributed by atoms with Crippen LogP contribution >= 0.6 is 0 Å². The van der Waals surface area contributed by atoms with Gasteiger partial charge in [0, 0.05) is 35.5 Å². The standard InChI is InChI=1S/C22H23N5O3/c1-22(2,3)13(8-19(28)29)7-14-9-17(18-5-4-6-30-18)27-21(26-14)16-11-24-20-15(16)10-23-12-25-20/h4-6,9-13H,7-8H2,1-3H3,(H,28,29)(H,23,24,25)/t13-/m1/s1. The molecule has 0 saturated heterocycles. The largest absolute Gasteiger partial charge is 0.481 e. The molecule has 0 unspecified atom stereocenters. The third-order valence-corrected chi connectivity index (χ3v) is 5.25. The number of nitrogens with one attached hydrogen (secondary N) is 1. The average Bonchev–Trinajstić information content (AvgIpc) is 3.36. The van der Waals surface area contributed by atoms with E-state index in [2.05, 4.69) is 15.0 Å². The Balaban J connectivity index is 1.81. The first-order valence-electron chi connectivity index (χ1n) is 9.72. The van der Waals surface area contributed by atoms with Gasteiger partial charge in [0.05, 0.1) is 6.26 Å². The number of fused-ring (bicyclic) bond motifs is 1. The van der Waals surface area contributed by atoms with Crippen molar-refractivity contribution in [3.63, 3.8) is 0 Å². The molecule has 0 aliphatic carbocycles. The highest BCUT2D eigenvalue weighted by atomic mass is 16.4. The van der Waals surface area contributed by atoms with Crippen molar-refractivity contribution in [2.24, 2.45) is 11.3 Å². The summed E-state index contributed by atoms with van der Waals surface area (Å²) in [5, 5.41) is 10.2. The maximum atomic E-state index is 11.4. The molecule has 0 saturated carbocycles. The maximum absolute atomic E-state index is 11.4. The lowest BCUT2D eigenvalue weighted by molar-refractivity contribution is -0.139. The summed E-state index contributed by atoms with van der Waals surface area (Å²) in [4.78, 5) is 32.4. The molecule has 4 aromatic rings. The normalized spacial score (nSPS) is 12.9. The topological polar surface area (TPSA) is 118 Å². The quantitative estimate of drug-likeness (QED) is 0.489. The minimum atomic E-state index is -0.816. The van der Waals surface area contributed by atoms with Crippen molar-refractivity contribution in [3.05, 3.63) is 48.9 Å². The predicted octanol–water partition coefficient (Wildman–Crippen LogP) is 4.35. The van der Waals surface area contributed by atoms with Crippen molar-refractivity contribution >= 4 is 17.0 Å². The molecule has 154 valence electrons. The Kier molecular flexibility index (Phi) is 5.07. The van der Waals surface area contributed by atoms with Gasteiger partial charge in [-0.3, -0.25) is 4.79 Å². The van der Waals surface area contributed by atoms with Crippen molar-refractivity contribution in [2.75, 3.05) is 0 Å². The van der Waals surface area contributed by atoms with Crippen LogP contribution in [-0.4, -0.2) is 36.0 Å². The number of nitrogens with zero attached hydrogens (tertiary/aromatic N) is 4. The highest BCUT2D eigenvalue weighted by Crippen LogP contribution is 2.33. The van der Waals surface area contributed by atoms with E-state index >= 15 is 0 Å². The summed E-state index contributed by atoms with van der Waals surface area (Å²) in [6.07, 6.45) is 7.19. The predicted molar refractivity (Wildman–Crippen MR) is 112 cm³/mol. The molecule has 0 bridgehead atoms. The van der Waals surface area contributed by atoms with Gasteiger partial charge in [-0.15, -0.1) is 0 Å². The zero-order valence-electron chi connectivity index (χ0n) is 17.1. The van der Waals surface area contributed by atoms with Crippen molar-refractivity contribution in [1.29, 1.82) is 0 Å². The SMILES string of the molecule is CC(C)(C)[C@@H](CC(=O)O)Cc1cc(-c2ccco2)nc(-c2c[nH]c3ncncc23)n1. The molecule has 4 aromatic heterocycles. The number of hydrogen-bond acceptors (Lipinski definition) is 6. The van der Waals surface area contributed by atoms with Gasteiger partial charge >= 0.3 is 5.97 Å². The molecule has 30 heavy (non-hydrogen) atoms. The molecule has 0 fully saturated rings. The number of H-pyrrole nitrogens is 1. The minimum absolute atomic E-state index is 0.0693. The summed E-state index contributed by atoms with van der Waals surface area (Å²) in [6.45, 7) is 6.15. The van der Waals surface area contributed by atoms with E-state index < -0.39 is 5.97 Å². The number of aliphatic carboxylic acids is 1. The first kappa shape index (κ1) is 19.8. The van der Waals surface area contributed by atoms with E-state index in [9.17, 15) is 9.90 Å². The van der Waals surface area contributed by atoms with Crippen molar-refractivity contribution in [1.82, 2.24) is 24.9 Å². The number of hydrogen-bond donors (Lipinski definition) is 2. The van der Waals surface area contributed by atoms with Gasteiger partial charge in [0.15, 0.2) is 11.6 Å². The number of aromatic nitrogens is 5. The Bertz CT molecular complexity index is 1180. The second-order valence-electron chi connectivity index (χ2n) is 8.40. The van der Waals surface area contributed by atoms with Gasteiger partial charge in [-0.2, -0.15) is 0 Å². The molecular formula is C22H23N5O3. The van der Waals surface area contributed by atoms with Crippen molar-refractivity contribution in [2.45, 2.75) is 33.6 Å². The monoisotopic (exact) mass is 405 g/mol. The zero-order chi connectivity index (χ0) is 21.3. The van der Waals surface area contributed by atoms with Gasteiger partial charge in [-0.25, -0.2) is 19.9 Å². The lowest BCUT2D eigenvalue weighted by Gasteiger charge is -2.29. The molecule has 8 nitrogen and oxygen atoms in total. The number of carbonyl (C=O) groups is 1. The van der Waals surface area contributed by atoms with Crippen LogP contribution in [0, 0.1) is 11.3 Å². The zero-order valence-corrected chi connectivity index (χ0v) is 17.1. The Labute approximate surface area is 173 Å². The molecule has 2 N–H and O–H groups in total. The molecule has 0 aromatic carbocycles. The molecule has 8 heteroatoms. The van der Waals surface area contributed by atoms with E-state index in [1.165, 1.54) is 6.33 Å². The second kappa shape index (κ2) is 7.70. The fourth-order valence-corrected chi connectivity index (χ4v) is 3.47. The third-order valence-electron chi connectivity index (χ3n) is 5.25. The molecule has 0 aliphatic rings. The highest BCUT2D eigenvalue weighted by Gasteiger charge is 2.28. The van der Waals surface area contributed by atoms with E-state index in [0.29, 0.717) is 29.3 Å². The summed E-state index contributed by atoms with van der Waals surface area (Å²) >= 11 is 0. The first-order chi connectivity index (χ1) is 14.3. The van der Waals surface area contributed by atoms with Crippen LogP contribution in [0.1, 0.15) is 32.9 Å². The van der Waals surface area contributed by atoms with Crippen LogP contribution in [0.4, 0.5) is 0 Å². The van der Waals surface area contributed by atoms with Crippen LogP contribution in [-0.2, 0) is 11.2 Å². The van der Waals surface area contributed by atoms with Gasteiger partial charge in [0.25, 0.3) is 0 Å². The molecule has 0 spiro atoms. The van der Waals surface area contributed by atoms with E-state index in [1.54, 1.807) is 18.5 Å². The molecule has 0 amide bonds. The molecule has 0 aliphatic heterocycles. The maximum Gasteiger partial charge on any atom is 0.303 e. The lowest BCUT2D eigenvalue weighted by atomic mass is 9.76. The van der Waals surface area contributed by atoms with Crippen molar-refractivity contribution in [3.8, 4) is 22.8 Å². The molecular weight excluding hydrogens is 382 g/mol.